The molecule has 1 fully saturated rings. The third kappa shape index (κ3) is 2.74. The first-order valence-corrected chi connectivity index (χ1v) is 6.07. The fraction of sp³-hybridized carbons (Fsp3) is 0.385. The molecule has 1 aliphatic rings. The summed E-state index contributed by atoms with van der Waals surface area (Å²) in [5.74, 6) is -0.0238. The highest BCUT2D eigenvalue weighted by molar-refractivity contribution is 6.30. The van der Waals surface area contributed by atoms with Gasteiger partial charge in [0.05, 0.1) is 18.4 Å². The third-order valence-corrected chi connectivity index (χ3v) is 3.20. The van der Waals surface area contributed by atoms with Crippen LogP contribution in [-0.4, -0.2) is 19.1 Å². The molecule has 0 aliphatic heterocycles. The first-order valence-electron chi connectivity index (χ1n) is 5.69. The van der Waals surface area contributed by atoms with Crippen molar-refractivity contribution in [2.24, 2.45) is 5.92 Å². The van der Waals surface area contributed by atoms with Crippen LogP contribution >= 0.6 is 11.6 Å². The number of nitrogens with one attached hydrogen (secondary N) is 1. The molecule has 1 N–H and O–H groups in total. The summed E-state index contributed by atoms with van der Waals surface area (Å²) in [4.78, 5) is 11.7. The second-order valence-electron chi connectivity index (χ2n) is 4.28. The van der Waals surface area contributed by atoms with Gasteiger partial charge in [0.15, 0.2) is 0 Å². The highest BCUT2D eigenvalue weighted by atomic mass is 35.5. The molecule has 94 valence electrons. The Morgan fingerprint density at radius 1 is 1.61 bits per heavy atom. The maximum absolute atomic E-state index is 11.7. The molecule has 1 unspecified atom stereocenters. The summed E-state index contributed by atoms with van der Waals surface area (Å²) in [7, 11) is 1.36. The minimum atomic E-state index is -0.402. The van der Waals surface area contributed by atoms with E-state index in [4.69, 9.17) is 21.6 Å². The third-order valence-electron chi connectivity index (χ3n) is 2.96. The summed E-state index contributed by atoms with van der Waals surface area (Å²) in [5.41, 5.74) is 1.04. The van der Waals surface area contributed by atoms with E-state index in [-0.39, 0.29) is 11.9 Å². The number of nitriles is 1. The van der Waals surface area contributed by atoms with E-state index in [2.05, 4.69) is 11.4 Å². The summed E-state index contributed by atoms with van der Waals surface area (Å²) >= 11 is 5.90. The molecule has 0 saturated heterocycles. The Bertz CT molecular complexity index is 506. The summed E-state index contributed by atoms with van der Waals surface area (Å²) in [6.07, 6.45) is 1.99. The second-order valence-corrected chi connectivity index (χ2v) is 4.72. The largest absolute Gasteiger partial charge is 0.467 e. The number of carbonyl (C=O) groups excluding carboxylic acids is 1. The zero-order valence-electron chi connectivity index (χ0n) is 9.94. The maximum Gasteiger partial charge on any atom is 0.328 e. The molecule has 1 aromatic carbocycles. The van der Waals surface area contributed by atoms with Crippen LogP contribution in [0.3, 0.4) is 0 Å². The first-order chi connectivity index (χ1) is 8.65. The molecule has 1 aromatic rings. The van der Waals surface area contributed by atoms with Gasteiger partial charge in [0.25, 0.3) is 0 Å². The molecule has 0 heterocycles. The van der Waals surface area contributed by atoms with Crippen LogP contribution in [0, 0.1) is 17.2 Å². The van der Waals surface area contributed by atoms with Gasteiger partial charge in [0.1, 0.15) is 12.1 Å². The van der Waals surface area contributed by atoms with E-state index < -0.39 is 6.04 Å². The molecule has 0 spiro atoms. The number of hydrogen-bond donors (Lipinski definition) is 1. The van der Waals surface area contributed by atoms with Crippen LogP contribution in [0.15, 0.2) is 18.2 Å². The molecule has 0 amide bonds. The first kappa shape index (κ1) is 12.7. The van der Waals surface area contributed by atoms with E-state index in [1.807, 2.05) is 0 Å². The molecule has 1 aliphatic carbocycles. The number of rotatable bonds is 4. The topological polar surface area (TPSA) is 62.1 Å². The summed E-state index contributed by atoms with van der Waals surface area (Å²) in [6, 6.07) is 6.60. The van der Waals surface area contributed by atoms with Gasteiger partial charge in [-0.25, -0.2) is 4.79 Å². The monoisotopic (exact) mass is 264 g/mol. The zero-order chi connectivity index (χ0) is 13.1. The molecule has 0 bridgehead atoms. The van der Waals surface area contributed by atoms with Gasteiger partial charge in [-0.1, -0.05) is 11.6 Å². The predicted molar refractivity (Wildman–Crippen MR) is 68.3 cm³/mol. The van der Waals surface area contributed by atoms with Crippen molar-refractivity contribution in [3.05, 3.63) is 28.8 Å². The number of methoxy groups -OCH3 is 1. The average Bonchev–Trinajstić information content (AvgIpc) is 3.19. The lowest BCUT2D eigenvalue weighted by molar-refractivity contribution is -0.142. The molecule has 4 nitrogen and oxygen atoms in total. The van der Waals surface area contributed by atoms with Crippen molar-refractivity contribution in [3.63, 3.8) is 0 Å². The summed E-state index contributed by atoms with van der Waals surface area (Å²) in [5, 5.41) is 12.6. The molecule has 18 heavy (non-hydrogen) atoms. The van der Waals surface area contributed by atoms with Crippen LogP contribution < -0.4 is 5.32 Å². The molecule has 0 aromatic heterocycles. The number of carbonyl (C=O) groups is 1. The molecular formula is C13H13ClN2O2. The minimum absolute atomic E-state index is 0.281. The van der Waals surface area contributed by atoms with E-state index in [9.17, 15) is 4.79 Å². The Morgan fingerprint density at radius 2 is 2.33 bits per heavy atom. The zero-order valence-corrected chi connectivity index (χ0v) is 10.7. The van der Waals surface area contributed by atoms with Gasteiger partial charge in [0, 0.05) is 5.02 Å². The van der Waals surface area contributed by atoms with Crippen LogP contribution in [0.25, 0.3) is 0 Å². The van der Waals surface area contributed by atoms with Crippen LogP contribution in [0.4, 0.5) is 5.69 Å². The van der Waals surface area contributed by atoms with Gasteiger partial charge in [0.2, 0.25) is 0 Å². The van der Waals surface area contributed by atoms with E-state index >= 15 is 0 Å². The second kappa shape index (κ2) is 5.28. The number of esters is 1. The SMILES string of the molecule is COC(=O)C(Nc1cc(Cl)ccc1C#N)C1CC1. The van der Waals surface area contributed by atoms with Gasteiger partial charge in [-0.2, -0.15) is 5.26 Å². The summed E-state index contributed by atoms with van der Waals surface area (Å²) in [6.45, 7) is 0. The molecule has 5 heteroatoms. The normalized spacial score (nSPS) is 15.6. The Balaban J connectivity index is 2.23. The fourth-order valence-corrected chi connectivity index (χ4v) is 2.00. The van der Waals surface area contributed by atoms with Crippen molar-refractivity contribution in [1.82, 2.24) is 0 Å². The van der Waals surface area contributed by atoms with Crippen molar-refractivity contribution in [3.8, 4) is 6.07 Å². The summed E-state index contributed by atoms with van der Waals surface area (Å²) < 4.78 is 4.77. The highest BCUT2D eigenvalue weighted by Crippen LogP contribution is 2.35. The van der Waals surface area contributed by atoms with Gasteiger partial charge >= 0.3 is 5.97 Å². The maximum atomic E-state index is 11.7. The number of anilines is 1. The van der Waals surface area contributed by atoms with Crippen LogP contribution in [-0.2, 0) is 9.53 Å². The van der Waals surface area contributed by atoms with Gasteiger partial charge in [-0.05, 0) is 37.0 Å². The smallest absolute Gasteiger partial charge is 0.328 e. The van der Waals surface area contributed by atoms with E-state index in [0.717, 1.165) is 12.8 Å². The highest BCUT2D eigenvalue weighted by Gasteiger charge is 2.37. The van der Waals surface area contributed by atoms with Crippen molar-refractivity contribution in [1.29, 1.82) is 5.26 Å². The lowest BCUT2D eigenvalue weighted by Gasteiger charge is -2.18. The fourth-order valence-electron chi connectivity index (χ4n) is 1.83. The van der Waals surface area contributed by atoms with Crippen molar-refractivity contribution >= 4 is 23.3 Å². The Hall–Kier alpha value is -1.73. The predicted octanol–water partition coefficient (Wildman–Crippen LogP) is 2.58. The Kier molecular flexibility index (Phi) is 3.73. The van der Waals surface area contributed by atoms with Crippen LogP contribution in [0.5, 0.6) is 0 Å². The van der Waals surface area contributed by atoms with E-state index in [1.54, 1.807) is 18.2 Å². The van der Waals surface area contributed by atoms with Crippen molar-refractivity contribution in [2.75, 3.05) is 12.4 Å². The lowest BCUT2D eigenvalue weighted by Crippen LogP contribution is -2.33. The number of halogens is 1. The quantitative estimate of drug-likeness (QED) is 0.849. The van der Waals surface area contributed by atoms with Crippen molar-refractivity contribution in [2.45, 2.75) is 18.9 Å². The number of ether oxygens (including phenoxy) is 1. The van der Waals surface area contributed by atoms with Crippen LogP contribution in [0.2, 0.25) is 5.02 Å². The number of benzene rings is 1. The average molecular weight is 265 g/mol. The van der Waals surface area contributed by atoms with Gasteiger partial charge in [-0.15, -0.1) is 0 Å². The molecular weight excluding hydrogens is 252 g/mol. The van der Waals surface area contributed by atoms with Crippen molar-refractivity contribution < 1.29 is 9.53 Å². The van der Waals surface area contributed by atoms with Crippen LogP contribution in [0.1, 0.15) is 18.4 Å². The number of nitrogens with zero attached hydrogens (tertiary/aromatic N) is 1. The molecule has 1 saturated carbocycles. The van der Waals surface area contributed by atoms with E-state index in [0.29, 0.717) is 16.3 Å². The van der Waals surface area contributed by atoms with E-state index in [1.165, 1.54) is 7.11 Å². The molecule has 2 rings (SSSR count). The van der Waals surface area contributed by atoms with Gasteiger partial charge in [-0.3, -0.25) is 0 Å². The standard InChI is InChI=1S/C13H13ClN2O2/c1-18-13(17)12(8-2-3-8)16-11-6-10(14)5-4-9(11)7-15/h4-6,8,12,16H,2-3H2,1H3. The Labute approximate surface area is 111 Å². The minimum Gasteiger partial charge on any atom is -0.467 e. The van der Waals surface area contributed by atoms with Gasteiger partial charge < -0.3 is 10.1 Å². The lowest BCUT2D eigenvalue weighted by atomic mass is 10.1. The Morgan fingerprint density at radius 3 is 2.89 bits per heavy atom. The molecule has 0 radical (unpaired) electrons. The molecule has 1 atom stereocenters. The number of hydrogen-bond acceptors (Lipinski definition) is 4.